The molecule has 2 bridgehead atoms. The molecule has 3 aliphatic heterocycles. The SMILES string of the molecule is CC(=O)O[C@@H]1[C@@H](O)[C@H]([C@H]2CC[C@]34C[C@]35CC[C@]3(C)[C@H]6[C@H](C)C[C@H]7O[C@@]6(O[C@@H]7C(C)(C)OC(C)=O)[C@H](O)[C@@]3(C)[C@@H]5CC[C@H]4C2(C)C)OC[C@H]1O. The second kappa shape index (κ2) is 10.4. The highest BCUT2D eigenvalue weighted by atomic mass is 16.8. The van der Waals surface area contributed by atoms with Crippen LogP contribution in [0.25, 0.3) is 0 Å². The van der Waals surface area contributed by atoms with Crippen molar-refractivity contribution in [3.8, 4) is 0 Å². The molecule has 8 aliphatic rings. The van der Waals surface area contributed by atoms with Crippen LogP contribution < -0.4 is 0 Å². The quantitative estimate of drug-likeness (QED) is 0.361. The molecular weight excluding hydrogens is 628 g/mol. The molecule has 3 heterocycles. The second-order valence-electron chi connectivity index (χ2n) is 19.5. The number of esters is 2. The van der Waals surface area contributed by atoms with Gasteiger partial charge >= 0.3 is 11.9 Å². The summed E-state index contributed by atoms with van der Waals surface area (Å²) in [6.07, 6.45) is 2.90. The highest BCUT2D eigenvalue weighted by Crippen LogP contribution is 2.90. The number of aliphatic hydroxyl groups is 3. The zero-order valence-corrected chi connectivity index (χ0v) is 31.0. The minimum absolute atomic E-state index is 0.0248. The Morgan fingerprint density at radius 3 is 2.22 bits per heavy atom. The number of ether oxygens (including phenoxy) is 5. The summed E-state index contributed by atoms with van der Waals surface area (Å²) >= 11 is 0. The van der Waals surface area contributed by atoms with Crippen molar-refractivity contribution in [1.29, 1.82) is 0 Å². The maximum absolute atomic E-state index is 12.9. The van der Waals surface area contributed by atoms with Crippen LogP contribution >= 0.6 is 0 Å². The van der Waals surface area contributed by atoms with E-state index in [1.807, 2.05) is 13.8 Å². The Bertz CT molecular complexity index is 1410. The Kier molecular flexibility index (Phi) is 7.40. The van der Waals surface area contributed by atoms with Gasteiger partial charge in [0.1, 0.15) is 30.0 Å². The first kappa shape index (κ1) is 34.8. The van der Waals surface area contributed by atoms with Crippen molar-refractivity contribution in [2.75, 3.05) is 6.61 Å². The topological polar surface area (TPSA) is 141 Å². The molecule has 0 radical (unpaired) electrons. The van der Waals surface area contributed by atoms with Crippen LogP contribution in [0.15, 0.2) is 0 Å². The van der Waals surface area contributed by atoms with Crippen molar-refractivity contribution in [3.05, 3.63) is 0 Å². The predicted molar refractivity (Wildman–Crippen MR) is 177 cm³/mol. The molecule has 3 spiro atoms. The van der Waals surface area contributed by atoms with Gasteiger partial charge in [0.05, 0.1) is 18.8 Å². The number of aliphatic hydroxyl groups excluding tert-OH is 3. The zero-order chi connectivity index (χ0) is 35.5. The van der Waals surface area contributed by atoms with Gasteiger partial charge in [-0.3, -0.25) is 9.59 Å². The molecule has 3 saturated heterocycles. The van der Waals surface area contributed by atoms with Crippen LogP contribution in [-0.2, 0) is 33.3 Å². The number of hydrogen-bond acceptors (Lipinski definition) is 10. The summed E-state index contributed by atoms with van der Waals surface area (Å²) in [4.78, 5) is 23.9. The molecule has 0 amide bonds. The second-order valence-corrected chi connectivity index (χ2v) is 19.5. The molecule has 0 aromatic carbocycles. The largest absolute Gasteiger partial charge is 0.457 e. The van der Waals surface area contributed by atoms with E-state index in [9.17, 15) is 24.9 Å². The summed E-state index contributed by atoms with van der Waals surface area (Å²) < 4.78 is 31.4. The summed E-state index contributed by atoms with van der Waals surface area (Å²) in [5.74, 6) is -0.900. The fourth-order valence-electron chi connectivity index (χ4n) is 15.2. The van der Waals surface area contributed by atoms with E-state index in [2.05, 4.69) is 34.6 Å². The highest BCUT2D eigenvalue weighted by Gasteiger charge is 2.88. The molecule has 5 aliphatic carbocycles. The number of fused-ring (bicyclic) bond motifs is 4. The van der Waals surface area contributed by atoms with Crippen LogP contribution in [-0.4, -0.2) is 88.0 Å². The first-order valence-corrected chi connectivity index (χ1v) is 19.1. The van der Waals surface area contributed by atoms with Crippen molar-refractivity contribution >= 4 is 11.9 Å². The van der Waals surface area contributed by atoms with Gasteiger partial charge < -0.3 is 39.0 Å². The van der Waals surface area contributed by atoms with E-state index < -0.39 is 59.4 Å². The van der Waals surface area contributed by atoms with E-state index in [1.54, 1.807) is 0 Å². The van der Waals surface area contributed by atoms with E-state index in [0.29, 0.717) is 11.8 Å². The molecule has 8 rings (SSSR count). The molecule has 0 aromatic heterocycles. The molecular formula is C39H60O10. The molecule has 10 nitrogen and oxygen atoms in total. The molecule has 0 aromatic rings. The summed E-state index contributed by atoms with van der Waals surface area (Å²) in [6, 6.07) is 0. The van der Waals surface area contributed by atoms with Gasteiger partial charge in [0.25, 0.3) is 0 Å². The fourth-order valence-corrected chi connectivity index (χ4v) is 15.2. The third-order valence-corrected chi connectivity index (χ3v) is 16.9. The van der Waals surface area contributed by atoms with Crippen molar-refractivity contribution in [1.82, 2.24) is 0 Å². The average Bonchev–Trinajstić information content (AvgIpc) is 3.50. The van der Waals surface area contributed by atoms with Crippen LogP contribution in [0.2, 0.25) is 0 Å². The molecule has 276 valence electrons. The Labute approximate surface area is 291 Å². The minimum Gasteiger partial charge on any atom is -0.457 e. The summed E-state index contributed by atoms with van der Waals surface area (Å²) in [6.45, 7) is 18.3. The van der Waals surface area contributed by atoms with Crippen molar-refractivity contribution in [2.45, 2.75) is 168 Å². The number of rotatable bonds is 4. The monoisotopic (exact) mass is 688 g/mol. The summed E-state index contributed by atoms with van der Waals surface area (Å²) in [7, 11) is 0. The standard InChI is InChI=1S/C39H60O10/c1-19-16-24-31(34(6,7)47-21(3)41)49-39(48-24)30(19)35(8)14-15-38-18-37(38)13-12-22(28-27(43)29(46-20(2)40)23(42)17-45-28)33(4,5)25(37)10-11-26(38)36(35,9)32(39)44/h19,22-32,42-44H,10-18H2,1-9H3/t19-,22-,23-,24-,25+,26+,27+,28+,29+,30-,31+,32-,35-,36-,37-,38+,39+/m1/s1. The lowest BCUT2D eigenvalue weighted by molar-refractivity contribution is -0.283. The highest BCUT2D eigenvalue weighted by molar-refractivity contribution is 5.66. The van der Waals surface area contributed by atoms with Crippen molar-refractivity contribution in [2.24, 2.45) is 56.7 Å². The van der Waals surface area contributed by atoms with Gasteiger partial charge in [-0.25, -0.2) is 0 Å². The van der Waals surface area contributed by atoms with Gasteiger partial charge in [0.15, 0.2) is 11.9 Å². The van der Waals surface area contributed by atoms with Crippen molar-refractivity contribution < 1.29 is 48.6 Å². The Morgan fingerprint density at radius 2 is 1.55 bits per heavy atom. The normalized spacial score (nSPS) is 56.7. The Morgan fingerprint density at radius 1 is 0.878 bits per heavy atom. The zero-order valence-electron chi connectivity index (χ0n) is 31.0. The lowest BCUT2D eigenvalue weighted by atomic mass is 9.40. The summed E-state index contributed by atoms with van der Waals surface area (Å²) in [5.41, 5.74) is -1.38. The van der Waals surface area contributed by atoms with E-state index >= 15 is 0 Å². The third-order valence-electron chi connectivity index (χ3n) is 16.9. The van der Waals surface area contributed by atoms with Gasteiger partial charge in [-0.15, -0.1) is 0 Å². The van der Waals surface area contributed by atoms with Crippen LogP contribution in [0.3, 0.4) is 0 Å². The first-order chi connectivity index (χ1) is 22.7. The summed E-state index contributed by atoms with van der Waals surface area (Å²) in [5, 5.41) is 34.8. The molecule has 49 heavy (non-hydrogen) atoms. The average molecular weight is 689 g/mol. The Balaban J connectivity index is 1.10. The lowest BCUT2D eigenvalue weighted by Gasteiger charge is -2.64. The van der Waals surface area contributed by atoms with Gasteiger partial charge in [-0.2, -0.15) is 0 Å². The van der Waals surface area contributed by atoms with Gasteiger partial charge in [0.2, 0.25) is 0 Å². The van der Waals surface area contributed by atoms with E-state index in [-0.39, 0.29) is 58.1 Å². The molecule has 5 saturated carbocycles. The Hall–Kier alpha value is -1.30. The number of carbonyl (C=O) groups is 2. The van der Waals surface area contributed by atoms with E-state index in [0.717, 1.165) is 51.4 Å². The van der Waals surface area contributed by atoms with Crippen LogP contribution in [0.1, 0.15) is 114 Å². The first-order valence-electron chi connectivity index (χ1n) is 19.1. The van der Waals surface area contributed by atoms with E-state index in [4.69, 9.17) is 23.7 Å². The lowest BCUT2D eigenvalue weighted by Crippen LogP contribution is -2.63. The third kappa shape index (κ3) is 4.11. The number of hydrogen-bond donors (Lipinski definition) is 3. The minimum atomic E-state index is -1.13. The predicted octanol–water partition coefficient (Wildman–Crippen LogP) is 4.54. The van der Waals surface area contributed by atoms with Crippen LogP contribution in [0.4, 0.5) is 0 Å². The van der Waals surface area contributed by atoms with Crippen LogP contribution in [0.5, 0.6) is 0 Å². The van der Waals surface area contributed by atoms with Gasteiger partial charge in [-0.05, 0) is 111 Å². The molecule has 17 atom stereocenters. The van der Waals surface area contributed by atoms with Gasteiger partial charge in [-0.1, -0.05) is 34.6 Å². The molecule has 10 heteroatoms. The van der Waals surface area contributed by atoms with Crippen molar-refractivity contribution in [3.63, 3.8) is 0 Å². The maximum Gasteiger partial charge on any atom is 0.303 e. The maximum atomic E-state index is 12.9. The smallest absolute Gasteiger partial charge is 0.303 e. The van der Waals surface area contributed by atoms with Gasteiger partial charge in [0, 0.05) is 25.2 Å². The molecule has 3 N–H and O–H groups in total. The molecule has 8 fully saturated rings. The van der Waals surface area contributed by atoms with E-state index in [1.165, 1.54) is 13.8 Å². The molecule has 0 unspecified atom stereocenters. The fraction of sp³-hybridized carbons (Fsp3) is 0.949. The number of carbonyl (C=O) groups excluding carboxylic acids is 2. The van der Waals surface area contributed by atoms with Crippen LogP contribution in [0, 0.1) is 56.7 Å².